The number of benzene rings is 2. The van der Waals surface area contributed by atoms with Gasteiger partial charge in [0.05, 0.1) is 11.9 Å². The first-order valence-corrected chi connectivity index (χ1v) is 16.0. The minimum Gasteiger partial charge on any atom is -0.486 e. The lowest BCUT2D eigenvalue weighted by Crippen LogP contribution is -2.50. The zero-order valence-electron chi connectivity index (χ0n) is 23.3. The van der Waals surface area contributed by atoms with Crippen LogP contribution in [0.25, 0.3) is 0 Å². The van der Waals surface area contributed by atoms with Gasteiger partial charge in [0.1, 0.15) is 19.3 Å². The Labute approximate surface area is 246 Å². The maximum atomic E-state index is 13.6. The van der Waals surface area contributed by atoms with Crippen molar-refractivity contribution < 1.29 is 27.5 Å². The molecule has 2 amide bonds. The summed E-state index contributed by atoms with van der Waals surface area (Å²) in [5.74, 6) is 0.492. The molecule has 0 unspecified atom stereocenters. The van der Waals surface area contributed by atoms with E-state index in [1.807, 2.05) is 20.8 Å². The second kappa shape index (κ2) is 14.3. The molecule has 1 N–H and O–H groups in total. The summed E-state index contributed by atoms with van der Waals surface area (Å²) in [7, 11) is -3.65. The molecule has 0 fully saturated rings. The molecule has 1 aliphatic heterocycles. The van der Waals surface area contributed by atoms with Gasteiger partial charge in [0, 0.05) is 41.7 Å². The summed E-state index contributed by atoms with van der Waals surface area (Å²) in [5.41, 5.74) is 1.08. The van der Waals surface area contributed by atoms with E-state index in [4.69, 9.17) is 32.7 Å². The SMILES string of the molecule is CC[C@@H](C)NC(=O)[C@H](CC)N(Cc1ccc(Cl)cc1Cl)C(=O)CCCN(c1ccc2c(c1)OCCO2)S(C)(=O)=O. The number of rotatable bonds is 13. The topological polar surface area (TPSA) is 105 Å². The molecule has 0 saturated carbocycles. The standard InChI is InChI=1S/C28H37Cl2N3O6S/c1-5-19(3)31-28(35)24(6-2)32(18-20-9-10-21(29)16-23(20)30)27(34)8-7-13-33(40(4,36)37)22-11-12-25-26(17-22)39-15-14-38-25/h9-12,16-17,19,24H,5-8,13-15,18H2,1-4H3,(H,31,35)/t19-,24+/m1/s1. The van der Waals surface area contributed by atoms with Crippen LogP contribution in [0.1, 0.15) is 52.0 Å². The molecule has 2 aromatic carbocycles. The number of hydrogen-bond acceptors (Lipinski definition) is 6. The van der Waals surface area contributed by atoms with E-state index in [-0.39, 0.29) is 43.8 Å². The van der Waals surface area contributed by atoms with Crippen LogP contribution < -0.4 is 19.1 Å². The number of nitrogens with one attached hydrogen (secondary N) is 1. The van der Waals surface area contributed by atoms with Crippen molar-refractivity contribution in [1.29, 1.82) is 0 Å². The maximum Gasteiger partial charge on any atom is 0.243 e. The summed E-state index contributed by atoms with van der Waals surface area (Å²) >= 11 is 12.5. The number of carbonyl (C=O) groups excluding carboxylic acids is 2. The van der Waals surface area contributed by atoms with E-state index < -0.39 is 16.1 Å². The fourth-order valence-corrected chi connectivity index (χ4v) is 5.81. The molecule has 3 rings (SSSR count). The minimum atomic E-state index is -3.65. The van der Waals surface area contributed by atoms with E-state index in [1.54, 1.807) is 36.4 Å². The van der Waals surface area contributed by atoms with Gasteiger partial charge in [-0.1, -0.05) is 43.1 Å². The van der Waals surface area contributed by atoms with Crippen molar-refractivity contribution in [3.05, 3.63) is 52.0 Å². The first-order valence-electron chi connectivity index (χ1n) is 13.4. The molecular formula is C28H37Cl2N3O6S. The lowest BCUT2D eigenvalue weighted by molar-refractivity contribution is -0.141. The van der Waals surface area contributed by atoms with Gasteiger partial charge in [0.15, 0.2) is 11.5 Å². The summed E-state index contributed by atoms with van der Waals surface area (Å²) in [6, 6.07) is 9.19. The predicted octanol–water partition coefficient (Wildman–Crippen LogP) is 5.03. The molecule has 0 bridgehead atoms. The average molecular weight is 615 g/mol. The quantitative estimate of drug-likeness (QED) is 0.339. The number of ether oxygens (including phenoxy) is 2. The van der Waals surface area contributed by atoms with Crippen molar-refractivity contribution >= 4 is 50.7 Å². The number of sulfonamides is 1. The zero-order chi connectivity index (χ0) is 29.4. The third-order valence-corrected chi connectivity index (χ3v) is 8.49. The second-order valence-corrected chi connectivity index (χ2v) is 12.5. The maximum absolute atomic E-state index is 13.6. The highest BCUT2D eigenvalue weighted by molar-refractivity contribution is 7.92. The summed E-state index contributed by atoms with van der Waals surface area (Å²) < 4.78 is 37.7. The Morgan fingerprint density at radius 3 is 2.35 bits per heavy atom. The number of hydrogen-bond donors (Lipinski definition) is 1. The van der Waals surface area contributed by atoms with E-state index in [0.717, 1.165) is 12.7 Å². The highest BCUT2D eigenvalue weighted by atomic mass is 35.5. The molecule has 12 heteroatoms. The second-order valence-electron chi connectivity index (χ2n) is 9.77. The molecule has 40 heavy (non-hydrogen) atoms. The Balaban J connectivity index is 1.80. The highest BCUT2D eigenvalue weighted by Gasteiger charge is 2.30. The third-order valence-electron chi connectivity index (χ3n) is 6.71. The van der Waals surface area contributed by atoms with Gasteiger partial charge >= 0.3 is 0 Å². The van der Waals surface area contributed by atoms with Gasteiger partial charge in [0.25, 0.3) is 0 Å². The Kier molecular flexibility index (Phi) is 11.4. The fraction of sp³-hybridized carbons (Fsp3) is 0.500. The van der Waals surface area contributed by atoms with Gasteiger partial charge in [-0.2, -0.15) is 0 Å². The van der Waals surface area contributed by atoms with Gasteiger partial charge in [0.2, 0.25) is 21.8 Å². The van der Waals surface area contributed by atoms with Crippen molar-refractivity contribution in [1.82, 2.24) is 10.2 Å². The minimum absolute atomic E-state index is 0.0227. The molecule has 2 aromatic rings. The molecule has 1 heterocycles. The number of anilines is 1. The monoisotopic (exact) mass is 613 g/mol. The van der Waals surface area contributed by atoms with Gasteiger partial charge in [-0.05, 0) is 56.0 Å². The molecule has 0 radical (unpaired) electrons. The third kappa shape index (κ3) is 8.41. The van der Waals surface area contributed by atoms with Crippen LogP contribution in [-0.4, -0.2) is 63.2 Å². The molecule has 0 spiro atoms. The lowest BCUT2D eigenvalue weighted by atomic mass is 10.1. The molecule has 1 aliphatic rings. The van der Waals surface area contributed by atoms with E-state index in [9.17, 15) is 18.0 Å². The molecule has 0 aromatic heterocycles. The van der Waals surface area contributed by atoms with Gasteiger partial charge < -0.3 is 19.7 Å². The first kappa shape index (κ1) is 31.8. The van der Waals surface area contributed by atoms with Crippen molar-refractivity contribution in [3.8, 4) is 11.5 Å². The summed E-state index contributed by atoms with van der Waals surface area (Å²) in [6.45, 7) is 6.70. The lowest BCUT2D eigenvalue weighted by Gasteiger charge is -2.32. The molecule has 0 aliphatic carbocycles. The summed E-state index contributed by atoms with van der Waals surface area (Å²) in [5, 5.41) is 3.83. The molecular weight excluding hydrogens is 577 g/mol. The van der Waals surface area contributed by atoms with Gasteiger partial charge in [-0.3, -0.25) is 13.9 Å². The number of nitrogens with zero attached hydrogens (tertiary/aromatic N) is 2. The molecule has 0 saturated heterocycles. The van der Waals surface area contributed by atoms with Crippen LogP contribution in [-0.2, 0) is 26.2 Å². The Bertz CT molecular complexity index is 1310. The van der Waals surface area contributed by atoms with Crippen molar-refractivity contribution in [3.63, 3.8) is 0 Å². The van der Waals surface area contributed by atoms with Crippen LogP contribution in [0.2, 0.25) is 10.0 Å². The van der Waals surface area contributed by atoms with E-state index in [1.165, 1.54) is 9.21 Å². The van der Waals surface area contributed by atoms with Crippen LogP contribution >= 0.6 is 23.2 Å². The van der Waals surface area contributed by atoms with Crippen molar-refractivity contribution in [2.24, 2.45) is 0 Å². The van der Waals surface area contributed by atoms with Crippen molar-refractivity contribution in [2.45, 2.75) is 65.1 Å². The summed E-state index contributed by atoms with van der Waals surface area (Å²) in [4.78, 5) is 28.3. The normalized spacial score (nSPS) is 14.2. The van der Waals surface area contributed by atoms with Crippen LogP contribution in [0.5, 0.6) is 11.5 Å². The van der Waals surface area contributed by atoms with Crippen LogP contribution in [0.3, 0.4) is 0 Å². The highest BCUT2D eigenvalue weighted by Crippen LogP contribution is 2.35. The molecule has 220 valence electrons. The number of halogens is 2. The van der Waals surface area contributed by atoms with Crippen molar-refractivity contribution in [2.75, 3.05) is 30.3 Å². The van der Waals surface area contributed by atoms with Crippen LogP contribution in [0, 0.1) is 0 Å². The zero-order valence-corrected chi connectivity index (χ0v) is 25.6. The summed E-state index contributed by atoms with van der Waals surface area (Å²) in [6.07, 6.45) is 2.52. The Hall–Kier alpha value is -2.69. The Morgan fingerprint density at radius 1 is 1.02 bits per heavy atom. The largest absolute Gasteiger partial charge is 0.486 e. The molecule has 2 atom stereocenters. The smallest absolute Gasteiger partial charge is 0.243 e. The predicted molar refractivity (Wildman–Crippen MR) is 158 cm³/mol. The van der Waals surface area contributed by atoms with Gasteiger partial charge in [-0.15, -0.1) is 0 Å². The number of carbonyl (C=O) groups is 2. The number of fused-ring (bicyclic) bond motifs is 1. The van der Waals surface area contributed by atoms with Crippen LogP contribution in [0.4, 0.5) is 5.69 Å². The van der Waals surface area contributed by atoms with Gasteiger partial charge in [-0.25, -0.2) is 8.42 Å². The van der Waals surface area contributed by atoms with E-state index in [2.05, 4.69) is 5.32 Å². The fourth-order valence-electron chi connectivity index (χ4n) is 4.39. The van der Waals surface area contributed by atoms with E-state index in [0.29, 0.717) is 52.4 Å². The average Bonchev–Trinajstić information content (AvgIpc) is 2.91. The molecule has 9 nitrogen and oxygen atoms in total. The Morgan fingerprint density at radius 2 is 1.73 bits per heavy atom. The first-order chi connectivity index (χ1) is 18.9. The number of amides is 2. The van der Waals surface area contributed by atoms with E-state index >= 15 is 0 Å². The van der Waals surface area contributed by atoms with Crippen LogP contribution in [0.15, 0.2) is 36.4 Å².